The molecule has 67 heavy (non-hydrogen) atoms. The molecular weight excluding hydrogens is 828 g/mol. The minimum absolute atomic E-state index is 0.0146. The number of hydrogen-bond acceptors (Lipinski definition) is 2. The van der Waals surface area contributed by atoms with E-state index in [0.717, 1.165) is 0 Å². The van der Waals surface area contributed by atoms with Crippen LogP contribution in [0.25, 0.3) is 75.2 Å². The number of thiophene rings is 1. The molecule has 0 N–H and O–H groups in total. The molecule has 13 aromatic rings. The third-order valence-corrected chi connectivity index (χ3v) is 17.9. The van der Waals surface area contributed by atoms with Crippen LogP contribution in [0, 0.1) is 0 Å². The summed E-state index contributed by atoms with van der Waals surface area (Å²) in [5.41, 5.74) is 24.8. The molecule has 0 aliphatic carbocycles. The van der Waals surface area contributed by atoms with Gasteiger partial charge in [-0.15, -0.1) is 11.3 Å². The number of hydrogen-bond donors (Lipinski definition) is 0. The van der Waals surface area contributed by atoms with E-state index in [1.807, 2.05) is 11.3 Å². The second-order valence-electron chi connectivity index (χ2n) is 19.4. The molecule has 5 aliphatic rings. The normalized spacial score (nSPS) is 14.9. The fraction of sp³-hybridized carbons (Fsp3) is 0.0164. The maximum absolute atomic E-state index is 2.77. The zero-order valence-corrected chi connectivity index (χ0v) is 36.8. The first kappa shape index (κ1) is 34.3. The summed E-state index contributed by atoms with van der Waals surface area (Å²) in [6, 6.07) is 76.9. The lowest BCUT2D eigenvalue weighted by atomic mass is 9.29. The number of benzene rings is 10. The smallest absolute Gasteiger partial charge is 0.252 e. The number of fused-ring (bicyclic) bond motifs is 16. The molecule has 3 nitrogen and oxygen atoms in total. The summed E-state index contributed by atoms with van der Waals surface area (Å²) in [6.45, 7) is 0.0563. The first-order chi connectivity index (χ1) is 33.3. The molecule has 0 saturated heterocycles. The number of nitrogens with zero attached hydrogens (tertiary/aromatic N) is 3. The molecule has 10 aromatic carbocycles. The van der Waals surface area contributed by atoms with Gasteiger partial charge in [0, 0.05) is 75.5 Å². The SMILES string of the molecule is c1ccc(C2(c3ccccc3)c3ccccc3N3c4cc5c6c7c4B(c4cccc2c43)c2cc3c4ccccc4sc3c3c4cccc(c4n-7c23)B6c2cccc3c4ccccc4n-5c23)cc1. The molecule has 6 heteroatoms. The Morgan fingerprint density at radius 3 is 1.82 bits per heavy atom. The van der Waals surface area contributed by atoms with Crippen molar-refractivity contribution in [2.45, 2.75) is 5.41 Å². The minimum atomic E-state index is -0.574. The second kappa shape index (κ2) is 11.5. The molecule has 0 spiro atoms. The van der Waals surface area contributed by atoms with Gasteiger partial charge >= 0.3 is 0 Å². The first-order valence-corrected chi connectivity index (χ1v) is 24.4. The van der Waals surface area contributed by atoms with Gasteiger partial charge in [-0.25, -0.2) is 0 Å². The summed E-state index contributed by atoms with van der Waals surface area (Å²) >= 11 is 1.97. The predicted molar refractivity (Wildman–Crippen MR) is 284 cm³/mol. The average molecular weight is 862 g/mol. The summed E-state index contributed by atoms with van der Waals surface area (Å²) in [4.78, 5) is 2.70. The molecule has 0 atom stereocenters. The highest BCUT2D eigenvalue weighted by Gasteiger charge is 2.54. The Morgan fingerprint density at radius 2 is 1.00 bits per heavy atom. The average Bonchev–Trinajstić information content (AvgIpc) is 4.06. The van der Waals surface area contributed by atoms with Crippen molar-refractivity contribution in [3.8, 4) is 11.4 Å². The van der Waals surface area contributed by atoms with Gasteiger partial charge in [-0.05, 0) is 79.3 Å². The van der Waals surface area contributed by atoms with Gasteiger partial charge in [0.05, 0.1) is 22.1 Å². The topological polar surface area (TPSA) is 13.1 Å². The van der Waals surface area contributed by atoms with Crippen LogP contribution in [0.2, 0.25) is 0 Å². The minimum Gasteiger partial charge on any atom is -0.311 e. The van der Waals surface area contributed by atoms with Crippen molar-refractivity contribution in [2.24, 2.45) is 0 Å². The number of rotatable bonds is 2. The zero-order chi connectivity index (χ0) is 43.0. The predicted octanol–water partition coefficient (Wildman–Crippen LogP) is 10.7. The highest BCUT2D eigenvalue weighted by molar-refractivity contribution is 7.27. The third-order valence-electron chi connectivity index (χ3n) is 16.7. The molecule has 0 amide bonds. The Labute approximate surface area is 389 Å². The molecule has 0 bridgehead atoms. The molecule has 304 valence electrons. The van der Waals surface area contributed by atoms with Crippen molar-refractivity contribution in [3.05, 3.63) is 222 Å². The monoisotopic (exact) mass is 861 g/mol. The van der Waals surface area contributed by atoms with Gasteiger partial charge in [0.2, 0.25) is 0 Å². The van der Waals surface area contributed by atoms with Gasteiger partial charge in [0.25, 0.3) is 13.4 Å². The fourth-order valence-corrected chi connectivity index (χ4v) is 15.8. The van der Waals surface area contributed by atoms with Crippen LogP contribution in [0.4, 0.5) is 17.1 Å². The summed E-state index contributed by atoms with van der Waals surface area (Å²) in [7, 11) is 0. The largest absolute Gasteiger partial charge is 0.311 e. The van der Waals surface area contributed by atoms with Crippen LogP contribution in [0.5, 0.6) is 0 Å². The first-order valence-electron chi connectivity index (χ1n) is 23.6. The molecule has 0 radical (unpaired) electrons. The summed E-state index contributed by atoms with van der Waals surface area (Å²) in [5.74, 6) is 0. The van der Waals surface area contributed by atoms with Crippen molar-refractivity contribution in [2.75, 3.05) is 4.90 Å². The van der Waals surface area contributed by atoms with Gasteiger partial charge in [-0.3, -0.25) is 0 Å². The molecule has 0 saturated carbocycles. The molecule has 0 unspecified atom stereocenters. The van der Waals surface area contributed by atoms with Crippen LogP contribution in [0.3, 0.4) is 0 Å². The van der Waals surface area contributed by atoms with Gasteiger partial charge < -0.3 is 14.0 Å². The highest BCUT2D eigenvalue weighted by Crippen LogP contribution is 2.59. The van der Waals surface area contributed by atoms with Crippen molar-refractivity contribution in [3.63, 3.8) is 0 Å². The molecule has 3 aromatic heterocycles. The standard InChI is InChI=1S/C61H33B2N3S/c1-3-16-34(17-4-1)61(35-18-5-2-6-19-35)41-24-9-11-30-48(41)65-50-33-49-53-59-54(50)63(45-28-15-25-42(61)57(45)65)46-32-40-37-21-8-12-31-51(37)67-60(40)52-39-23-14-27-44(56(39)66(59)58(46)52)62(53)43-26-13-22-38-36-20-7-10-29-47(36)64(49)55(38)43/h1-33H. The van der Waals surface area contributed by atoms with Gasteiger partial charge in [-0.2, -0.15) is 0 Å². The van der Waals surface area contributed by atoms with E-state index in [4.69, 9.17) is 0 Å². The van der Waals surface area contributed by atoms with E-state index >= 15 is 0 Å². The number of aromatic nitrogens is 2. The van der Waals surface area contributed by atoms with E-state index in [2.05, 4.69) is 214 Å². The fourth-order valence-electron chi connectivity index (χ4n) is 14.5. The van der Waals surface area contributed by atoms with E-state index in [-0.39, 0.29) is 13.4 Å². The summed E-state index contributed by atoms with van der Waals surface area (Å²) in [6.07, 6.45) is 0. The lowest BCUT2D eigenvalue weighted by molar-refractivity contribution is 0.732. The summed E-state index contributed by atoms with van der Waals surface area (Å²) < 4.78 is 8.15. The van der Waals surface area contributed by atoms with Crippen molar-refractivity contribution in [1.29, 1.82) is 0 Å². The second-order valence-corrected chi connectivity index (χ2v) is 20.4. The number of para-hydroxylation sites is 5. The van der Waals surface area contributed by atoms with E-state index in [1.165, 1.54) is 147 Å². The van der Waals surface area contributed by atoms with Crippen molar-refractivity contribution in [1.82, 2.24) is 9.13 Å². The van der Waals surface area contributed by atoms with Crippen LogP contribution in [0.15, 0.2) is 200 Å². The van der Waals surface area contributed by atoms with Crippen LogP contribution < -0.4 is 37.7 Å². The molecule has 0 fully saturated rings. The Bertz CT molecular complexity index is 4440. The molecular formula is C61H33B2N3S. The Kier molecular flexibility index (Phi) is 5.88. The summed E-state index contributed by atoms with van der Waals surface area (Å²) in [5, 5.41) is 8.10. The van der Waals surface area contributed by atoms with Gasteiger partial charge in [0.1, 0.15) is 0 Å². The number of anilines is 3. The molecule has 8 heterocycles. The quantitative estimate of drug-likeness (QED) is 0.158. The van der Waals surface area contributed by atoms with E-state index in [0.29, 0.717) is 0 Å². The van der Waals surface area contributed by atoms with E-state index in [1.54, 1.807) is 0 Å². The van der Waals surface area contributed by atoms with Gasteiger partial charge in [-0.1, -0.05) is 176 Å². The lowest BCUT2D eigenvalue weighted by Gasteiger charge is -2.51. The van der Waals surface area contributed by atoms with Crippen LogP contribution in [0.1, 0.15) is 22.3 Å². The van der Waals surface area contributed by atoms with Crippen LogP contribution >= 0.6 is 11.3 Å². The van der Waals surface area contributed by atoms with Crippen molar-refractivity contribution >= 4 is 138 Å². The van der Waals surface area contributed by atoms with Crippen LogP contribution in [-0.2, 0) is 5.41 Å². The zero-order valence-electron chi connectivity index (χ0n) is 36.0. The lowest BCUT2D eigenvalue weighted by Crippen LogP contribution is -2.67. The molecule has 5 aliphatic heterocycles. The van der Waals surface area contributed by atoms with Gasteiger partial charge in [0.15, 0.2) is 0 Å². The highest BCUT2D eigenvalue weighted by atomic mass is 32.1. The van der Waals surface area contributed by atoms with Crippen molar-refractivity contribution < 1.29 is 0 Å². The van der Waals surface area contributed by atoms with Crippen LogP contribution in [-0.4, -0.2) is 22.6 Å². The maximum atomic E-state index is 2.77. The Hall–Kier alpha value is -8.05. The maximum Gasteiger partial charge on any atom is 0.252 e. The van der Waals surface area contributed by atoms with E-state index < -0.39 is 5.41 Å². The Balaban J connectivity index is 1.10. The van der Waals surface area contributed by atoms with E-state index in [9.17, 15) is 0 Å². The molecule has 18 rings (SSSR count). The Morgan fingerprint density at radius 1 is 0.388 bits per heavy atom. The third kappa shape index (κ3) is 3.65.